The third-order valence-electron chi connectivity index (χ3n) is 4.10. The molecule has 0 aliphatic carbocycles. The Bertz CT molecular complexity index is 1110. The number of carboxylic acid groups (broad SMARTS) is 1. The summed E-state index contributed by atoms with van der Waals surface area (Å²) < 4.78 is 5.83. The van der Waals surface area contributed by atoms with Gasteiger partial charge in [0.15, 0.2) is 0 Å². The molecule has 0 aliphatic heterocycles. The highest BCUT2D eigenvalue weighted by molar-refractivity contribution is 5.98. The van der Waals surface area contributed by atoms with Gasteiger partial charge in [0.2, 0.25) is 0 Å². The van der Waals surface area contributed by atoms with Crippen molar-refractivity contribution in [1.82, 2.24) is 4.98 Å². The van der Waals surface area contributed by atoms with Gasteiger partial charge >= 0.3 is 5.97 Å². The van der Waals surface area contributed by atoms with E-state index in [2.05, 4.69) is 10.3 Å². The molecule has 0 aliphatic rings. The number of carboxylic acids is 1. The SMILES string of the molecule is O=C(O)c1ccc(Oc2ccccc2)cc1Nc1cccc2cccnc12. The van der Waals surface area contributed by atoms with Gasteiger partial charge in [-0.3, -0.25) is 4.98 Å². The van der Waals surface area contributed by atoms with E-state index in [9.17, 15) is 9.90 Å². The van der Waals surface area contributed by atoms with Gasteiger partial charge in [-0.05, 0) is 36.4 Å². The van der Waals surface area contributed by atoms with E-state index in [4.69, 9.17) is 4.74 Å². The molecule has 0 spiro atoms. The van der Waals surface area contributed by atoms with E-state index in [-0.39, 0.29) is 5.56 Å². The lowest BCUT2D eigenvalue weighted by molar-refractivity contribution is 0.0698. The number of hydrogen-bond donors (Lipinski definition) is 2. The van der Waals surface area contributed by atoms with Crippen LogP contribution < -0.4 is 10.1 Å². The Balaban J connectivity index is 1.73. The molecule has 0 amide bonds. The predicted molar refractivity (Wildman–Crippen MR) is 105 cm³/mol. The molecule has 0 saturated heterocycles. The van der Waals surface area contributed by atoms with Gasteiger partial charge in [-0.15, -0.1) is 0 Å². The number of pyridine rings is 1. The Morgan fingerprint density at radius 1 is 0.852 bits per heavy atom. The maximum atomic E-state index is 11.6. The topological polar surface area (TPSA) is 71.5 Å². The summed E-state index contributed by atoms with van der Waals surface area (Å²) in [6.45, 7) is 0. The fourth-order valence-corrected chi connectivity index (χ4v) is 2.85. The lowest BCUT2D eigenvalue weighted by Crippen LogP contribution is -2.03. The van der Waals surface area contributed by atoms with E-state index in [1.54, 1.807) is 18.3 Å². The number of rotatable bonds is 5. The van der Waals surface area contributed by atoms with Crippen molar-refractivity contribution in [3.8, 4) is 11.5 Å². The number of para-hydroxylation sites is 2. The number of nitrogens with zero attached hydrogens (tertiary/aromatic N) is 1. The van der Waals surface area contributed by atoms with Gasteiger partial charge in [0, 0.05) is 17.6 Å². The molecule has 3 aromatic carbocycles. The fraction of sp³-hybridized carbons (Fsp3) is 0. The number of aromatic carboxylic acids is 1. The molecule has 5 heteroatoms. The molecule has 27 heavy (non-hydrogen) atoms. The summed E-state index contributed by atoms with van der Waals surface area (Å²) in [6, 6.07) is 23.7. The molecule has 5 nitrogen and oxygen atoms in total. The molecule has 0 bridgehead atoms. The van der Waals surface area contributed by atoms with Crippen molar-refractivity contribution < 1.29 is 14.6 Å². The predicted octanol–water partition coefficient (Wildman–Crippen LogP) is 5.47. The molecule has 0 saturated carbocycles. The van der Waals surface area contributed by atoms with Crippen molar-refractivity contribution in [3.63, 3.8) is 0 Å². The maximum absolute atomic E-state index is 11.6. The monoisotopic (exact) mass is 356 g/mol. The minimum Gasteiger partial charge on any atom is -0.478 e. The van der Waals surface area contributed by atoms with Crippen LogP contribution in [0.5, 0.6) is 11.5 Å². The Hall–Kier alpha value is -3.86. The first-order chi connectivity index (χ1) is 13.2. The quantitative estimate of drug-likeness (QED) is 0.496. The van der Waals surface area contributed by atoms with Crippen LogP contribution >= 0.6 is 0 Å². The summed E-state index contributed by atoms with van der Waals surface area (Å²) in [7, 11) is 0. The van der Waals surface area contributed by atoms with Crippen LogP contribution in [0.1, 0.15) is 10.4 Å². The number of fused-ring (bicyclic) bond motifs is 1. The van der Waals surface area contributed by atoms with E-state index >= 15 is 0 Å². The maximum Gasteiger partial charge on any atom is 0.337 e. The van der Waals surface area contributed by atoms with Gasteiger partial charge in [0.1, 0.15) is 11.5 Å². The Morgan fingerprint density at radius 3 is 2.48 bits per heavy atom. The van der Waals surface area contributed by atoms with Crippen LogP contribution in [0.15, 0.2) is 85.1 Å². The average Bonchev–Trinajstić information content (AvgIpc) is 2.69. The van der Waals surface area contributed by atoms with Crippen LogP contribution in [0.4, 0.5) is 11.4 Å². The first-order valence-corrected chi connectivity index (χ1v) is 8.42. The number of benzene rings is 3. The van der Waals surface area contributed by atoms with Gasteiger partial charge in [0.05, 0.1) is 22.5 Å². The summed E-state index contributed by atoms with van der Waals surface area (Å²) >= 11 is 0. The molecule has 0 atom stereocenters. The van der Waals surface area contributed by atoms with Crippen molar-refractivity contribution in [1.29, 1.82) is 0 Å². The Labute approximate surface area is 155 Å². The number of anilines is 2. The summed E-state index contributed by atoms with van der Waals surface area (Å²) in [5, 5.41) is 13.7. The lowest BCUT2D eigenvalue weighted by Gasteiger charge is -2.13. The summed E-state index contributed by atoms with van der Waals surface area (Å²) in [4.78, 5) is 16.0. The number of ether oxygens (including phenoxy) is 1. The number of hydrogen-bond acceptors (Lipinski definition) is 4. The number of aromatic nitrogens is 1. The summed E-state index contributed by atoms with van der Waals surface area (Å²) in [5.74, 6) is 0.206. The lowest BCUT2D eigenvalue weighted by atomic mass is 10.1. The van der Waals surface area contributed by atoms with Crippen LogP contribution in [-0.4, -0.2) is 16.1 Å². The van der Waals surface area contributed by atoms with Gasteiger partial charge in [-0.2, -0.15) is 0 Å². The second-order valence-corrected chi connectivity index (χ2v) is 5.93. The van der Waals surface area contributed by atoms with Crippen molar-refractivity contribution in [3.05, 3.63) is 90.6 Å². The van der Waals surface area contributed by atoms with Gasteiger partial charge < -0.3 is 15.2 Å². The second-order valence-electron chi connectivity index (χ2n) is 5.93. The first-order valence-electron chi connectivity index (χ1n) is 8.42. The first kappa shape index (κ1) is 16.6. The van der Waals surface area contributed by atoms with E-state index in [1.807, 2.05) is 60.7 Å². The zero-order valence-corrected chi connectivity index (χ0v) is 14.3. The van der Waals surface area contributed by atoms with Crippen molar-refractivity contribution >= 4 is 28.2 Å². The van der Waals surface area contributed by atoms with E-state index < -0.39 is 5.97 Å². The van der Waals surface area contributed by atoms with Gasteiger partial charge in [-0.1, -0.05) is 36.4 Å². The minimum atomic E-state index is -1.02. The normalized spacial score (nSPS) is 10.5. The minimum absolute atomic E-state index is 0.156. The van der Waals surface area contributed by atoms with Gasteiger partial charge in [0.25, 0.3) is 0 Å². The largest absolute Gasteiger partial charge is 0.478 e. The molecule has 2 N–H and O–H groups in total. The zero-order chi connectivity index (χ0) is 18.6. The van der Waals surface area contributed by atoms with Crippen molar-refractivity contribution in [2.75, 3.05) is 5.32 Å². The highest BCUT2D eigenvalue weighted by atomic mass is 16.5. The third-order valence-corrected chi connectivity index (χ3v) is 4.10. The highest BCUT2D eigenvalue weighted by Gasteiger charge is 2.13. The third kappa shape index (κ3) is 3.57. The summed E-state index contributed by atoms with van der Waals surface area (Å²) in [5.41, 5.74) is 2.09. The van der Waals surface area contributed by atoms with Gasteiger partial charge in [-0.25, -0.2) is 4.79 Å². The van der Waals surface area contributed by atoms with Crippen LogP contribution in [0.2, 0.25) is 0 Å². The van der Waals surface area contributed by atoms with Crippen molar-refractivity contribution in [2.24, 2.45) is 0 Å². The second kappa shape index (κ2) is 7.17. The van der Waals surface area contributed by atoms with E-state index in [0.29, 0.717) is 17.2 Å². The molecule has 0 fully saturated rings. The molecule has 1 heterocycles. The molecular weight excluding hydrogens is 340 g/mol. The molecule has 132 valence electrons. The Kier molecular flexibility index (Phi) is 4.41. The summed E-state index contributed by atoms with van der Waals surface area (Å²) in [6.07, 6.45) is 1.71. The number of carbonyl (C=O) groups is 1. The van der Waals surface area contributed by atoms with E-state index in [1.165, 1.54) is 6.07 Å². The van der Waals surface area contributed by atoms with Crippen LogP contribution in [-0.2, 0) is 0 Å². The standard InChI is InChI=1S/C22H16N2O3/c25-22(26)18-12-11-17(27-16-8-2-1-3-9-16)14-20(18)24-19-10-4-6-15-7-5-13-23-21(15)19/h1-14,24H,(H,25,26). The zero-order valence-electron chi connectivity index (χ0n) is 14.3. The van der Waals surface area contributed by atoms with Crippen LogP contribution in [0.3, 0.4) is 0 Å². The molecule has 0 unspecified atom stereocenters. The van der Waals surface area contributed by atoms with Crippen LogP contribution in [0.25, 0.3) is 10.9 Å². The number of nitrogens with one attached hydrogen (secondary N) is 1. The molecular formula is C22H16N2O3. The fourth-order valence-electron chi connectivity index (χ4n) is 2.85. The van der Waals surface area contributed by atoms with Crippen LogP contribution in [0, 0.1) is 0 Å². The smallest absolute Gasteiger partial charge is 0.337 e. The average molecular weight is 356 g/mol. The molecule has 4 aromatic rings. The van der Waals surface area contributed by atoms with E-state index in [0.717, 1.165) is 16.6 Å². The Morgan fingerprint density at radius 2 is 1.67 bits per heavy atom. The molecule has 1 aromatic heterocycles. The molecule has 4 rings (SSSR count). The highest BCUT2D eigenvalue weighted by Crippen LogP contribution is 2.31. The molecule has 0 radical (unpaired) electrons. The van der Waals surface area contributed by atoms with Crippen molar-refractivity contribution in [2.45, 2.75) is 0 Å².